The van der Waals surface area contributed by atoms with E-state index in [0.29, 0.717) is 0 Å². The lowest BCUT2D eigenvalue weighted by molar-refractivity contribution is 0.600. The molecule has 0 heterocycles. The van der Waals surface area contributed by atoms with Gasteiger partial charge in [0.15, 0.2) is 0 Å². The van der Waals surface area contributed by atoms with Crippen molar-refractivity contribution in [2.75, 3.05) is 20.9 Å². The molecule has 0 amide bonds. The molecule has 0 aliphatic carbocycles. The van der Waals surface area contributed by atoms with Gasteiger partial charge >= 0.3 is 0 Å². The summed E-state index contributed by atoms with van der Waals surface area (Å²) < 4.78 is 50.6. The van der Waals surface area contributed by atoms with E-state index >= 15 is 0 Å². The van der Waals surface area contributed by atoms with Gasteiger partial charge in [0, 0.05) is 0 Å². The standard InChI is InChI=1S/C10H13Cl3N2O4S2/c1-3-20(16,17)14-7-5-6(11)10(9(13)8(7)12)15-21(18,19)4-2/h5,14-15H,3-4H2,1-2H3. The van der Waals surface area contributed by atoms with E-state index in [9.17, 15) is 16.8 Å². The molecule has 0 saturated heterocycles. The van der Waals surface area contributed by atoms with Gasteiger partial charge in [-0.3, -0.25) is 9.44 Å². The minimum atomic E-state index is -3.60. The third-order valence-electron chi connectivity index (χ3n) is 2.44. The summed E-state index contributed by atoms with van der Waals surface area (Å²) in [6.45, 7) is 2.89. The molecule has 1 aromatic rings. The Morgan fingerprint density at radius 2 is 1.38 bits per heavy atom. The largest absolute Gasteiger partial charge is 0.282 e. The van der Waals surface area contributed by atoms with Crippen LogP contribution in [0.2, 0.25) is 15.1 Å². The van der Waals surface area contributed by atoms with E-state index in [4.69, 9.17) is 34.8 Å². The quantitative estimate of drug-likeness (QED) is 0.724. The monoisotopic (exact) mass is 394 g/mol. The van der Waals surface area contributed by atoms with Gasteiger partial charge in [0.05, 0.1) is 37.9 Å². The van der Waals surface area contributed by atoms with Crippen molar-refractivity contribution >= 4 is 66.2 Å². The second-order valence-corrected chi connectivity index (χ2v) is 9.10. The number of rotatable bonds is 6. The van der Waals surface area contributed by atoms with Crippen molar-refractivity contribution < 1.29 is 16.8 Å². The highest BCUT2D eigenvalue weighted by Crippen LogP contribution is 2.42. The lowest BCUT2D eigenvalue weighted by atomic mass is 10.3. The molecule has 0 bridgehead atoms. The van der Waals surface area contributed by atoms with Crippen LogP contribution in [-0.4, -0.2) is 28.3 Å². The molecule has 0 fully saturated rings. The van der Waals surface area contributed by atoms with Crippen LogP contribution in [0.1, 0.15) is 13.8 Å². The van der Waals surface area contributed by atoms with Gasteiger partial charge in [0.2, 0.25) is 20.0 Å². The van der Waals surface area contributed by atoms with Gasteiger partial charge in [-0.15, -0.1) is 0 Å². The molecular formula is C10H13Cl3N2O4S2. The Hall–Kier alpha value is -0.410. The normalized spacial score (nSPS) is 12.2. The molecule has 0 radical (unpaired) electrons. The second-order valence-electron chi connectivity index (χ2n) is 3.92. The Bertz CT molecular complexity index is 748. The summed E-state index contributed by atoms with van der Waals surface area (Å²) in [5.74, 6) is -0.343. The minimum absolute atomic E-state index is 0.0204. The molecule has 1 rings (SSSR count). The number of anilines is 2. The Morgan fingerprint density at radius 3 is 1.86 bits per heavy atom. The molecule has 11 heteroatoms. The summed E-state index contributed by atoms with van der Waals surface area (Å²) in [5, 5.41) is -0.405. The van der Waals surface area contributed by atoms with Crippen molar-refractivity contribution in [3.8, 4) is 0 Å². The molecule has 0 spiro atoms. The first-order valence-electron chi connectivity index (χ1n) is 5.71. The van der Waals surface area contributed by atoms with E-state index < -0.39 is 20.0 Å². The Balaban J connectivity index is 3.34. The molecule has 0 atom stereocenters. The molecule has 0 aliphatic heterocycles. The van der Waals surface area contributed by atoms with Gasteiger partial charge in [0.1, 0.15) is 0 Å². The third kappa shape index (κ3) is 4.79. The lowest BCUT2D eigenvalue weighted by Gasteiger charge is -2.15. The first-order valence-corrected chi connectivity index (χ1v) is 10.1. The van der Waals surface area contributed by atoms with E-state index in [2.05, 4.69) is 9.44 Å². The lowest BCUT2D eigenvalue weighted by Crippen LogP contribution is -2.17. The van der Waals surface area contributed by atoms with Crippen LogP contribution in [0.5, 0.6) is 0 Å². The zero-order valence-electron chi connectivity index (χ0n) is 11.1. The zero-order chi connectivity index (χ0) is 16.4. The van der Waals surface area contributed by atoms with E-state index in [-0.39, 0.29) is 37.9 Å². The molecule has 0 saturated carbocycles. The molecule has 2 N–H and O–H groups in total. The second kappa shape index (κ2) is 6.78. The van der Waals surface area contributed by atoms with Crippen molar-refractivity contribution in [3.05, 3.63) is 21.1 Å². The average Bonchev–Trinajstić information content (AvgIpc) is 2.40. The van der Waals surface area contributed by atoms with Crippen LogP contribution in [0, 0.1) is 0 Å². The number of sulfonamides is 2. The molecule has 120 valence electrons. The number of halogens is 3. The Morgan fingerprint density at radius 1 is 0.905 bits per heavy atom. The summed E-state index contributed by atoms with van der Waals surface area (Å²) in [7, 11) is -7.17. The van der Waals surface area contributed by atoms with Crippen LogP contribution in [0.15, 0.2) is 6.07 Å². The van der Waals surface area contributed by atoms with Crippen LogP contribution < -0.4 is 9.44 Å². The van der Waals surface area contributed by atoms with Gasteiger partial charge in [-0.2, -0.15) is 0 Å². The predicted molar refractivity (Wildman–Crippen MR) is 87.6 cm³/mol. The molecule has 0 unspecified atom stereocenters. The highest BCUT2D eigenvalue weighted by atomic mass is 35.5. The van der Waals surface area contributed by atoms with Crippen LogP contribution in [0.3, 0.4) is 0 Å². The zero-order valence-corrected chi connectivity index (χ0v) is 15.0. The van der Waals surface area contributed by atoms with E-state index in [1.165, 1.54) is 19.9 Å². The highest BCUT2D eigenvalue weighted by Gasteiger charge is 2.20. The molecular weight excluding hydrogens is 383 g/mol. The van der Waals surface area contributed by atoms with E-state index in [0.717, 1.165) is 0 Å². The van der Waals surface area contributed by atoms with Gasteiger partial charge < -0.3 is 0 Å². The van der Waals surface area contributed by atoms with Gasteiger partial charge in [-0.1, -0.05) is 34.8 Å². The van der Waals surface area contributed by atoms with Crippen LogP contribution in [-0.2, 0) is 20.0 Å². The van der Waals surface area contributed by atoms with Crippen LogP contribution in [0.25, 0.3) is 0 Å². The first kappa shape index (κ1) is 18.6. The topological polar surface area (TPSA) is 92.3 Å². The predicted octanol–water partition coefficient (Wildman–Crippen LogP) is 3.17. The maximum absolute atomic E-state index is 11.6. The summed E-state index contributed by atoms with van der Waals surface area (Å²) in [6.07, 6.45) is 0. The van der Waals surface area contributed by atoms with Crippen LogP contribution >= 0.6 is 34.8 Å². The van der Waals surface area contributed by atoms with Crippen LogP contribution in [0.4, 0.5) is 11.4 Å². The maximum Gasteiger partial charge on any atom is 0.232 e. The number of hydrogen-bond donors (Lipinski definition) is 2. The molecule has 6 nitrogen and oxygen atoms in total. The fourth-order valence-electron chi connectivity index (χ4n) is 1.23. The first-order chi connectivity index (χ1) is 9.53. The highest BCUT2D eigenvalue weighted by molar-refractivity contribution is 7.93. The van der Waals surface area contributed by atoms with Gasteiger partial charge in [-0.25, -0.2) is 16.8 Å². The smallest absolute Gasteiger partial charge is 0.232 e. The molecule has 0 aliphatic rings. The van der Waals surface area contributed by atoms with Crippen molar-refractivity contribution in [3.63, 3.8) is 0 Å². The average molecular weight is 396 g/mol. The van der Waals surface area contributed by atoms with E-state index in [1.54, 1.807) is 0 Å². The number of hydrogen-bond acceptors (Lipinski definition) is 4. The van der Waals surface area contributed by atoms with Crippen molar-refractivity contribution in [2.24, 2.45) is 0 Å². The summed E-state index contributed by atoms with van der Waals surface area (Å²) >= 11 is 17.9. The Kier molecular flexibility index (Phi) is 6.02. The van der Waals surface area contributed by atoms with Crippen molar-refractivity contribution in [2.45, 2.75) is 13.8 Å². The maximum atomic E-state index is 11.6. The summed E-state index contributed by atoms with van der Waals surface area (Å²) in [4.78, 5) is 0. The molecule has 1 aromatic carbocycles. The van der Waals surface area contributed by atoms with Crippen molar-refractivity contribution in [1.82, 2.24) is 0 Å². The Labute approximate surface area is 138 Å². The van der Waals surface area contributed by atoms with Gasteiger partial charge in [0.25, 0.3) is 0 Å². The SMILES string of the molecule is CCS(=O)(=O)Nc1cc(Cl)c(NS(=O)(=O)CC)c(Cl)c1Cl. The van der Waals surface area contributed by atoms with Gasteiger partial charge in [-0.05, 0) is 19.9 Å². The number of benzene rings is 1. The molecule has 0 aromatic heterocycles. The van der Waals surface area contributed by atoms with Crippen molar-refractivity contribution in [1.29, 1.82) is 0 Å². The summed E-state index contributed by atoms with van der Waals surface area (Å²) in [5.41, 5.74) is -0.113. The number of nitrogens with one attached hydrogen (secondary N) is 2. The fourth-order valence-corrected chi connectivity index (χ4v) is 3.45. The summed E-state index contributed by atoms with van der Waals surface area (Å²) in [6, 6.07) is 1.19. The van der Waals surface area contributed by atoms with E-state index in [1.807, 2.05) is 0 Å². The molecule has 21 heavy (non-hydrogen) atoms. The minimum Gasteiger partial charge on any atom is -0.282 e. The third-order valence-corrected chi connectivity index (χ3v) is 6.17. The fraction of sp³-hybridized carbons (Fsp3) is 0.400.